The third kappa shape index (κ3) is 5.62. The Kier molecular flexibility index (Phi) is 9.10. The molecule has 0 radical (unpaired) electrons. The number of aliphatic hydroxyl groups is 3. The first-order chi connectivity index (χ1) is 22.2. The smallest absolute Gasteiger partial charge is 0.412 e. The van der Waals surface area contributed by atoms with Gasteiger partial charge in [0.15, 0.2) is 11.4 Å². The quantitative estimate of drug-likeness (QED) is 0.215. The average molecular weight is 651 g/mol. The van der Waals surface area contributed by atoms with E-state index in [2.05, 4.69) is 5.32 Å². The molecule has 0 spiro atoms. The molecule has 5 rings (SSSR count). The average Bonchev–Trinajstić information content (AvgIpc) is 3.02. The number of aliphatic hydroxyl groups excluding tert-OH is 2. The highest BCUT2D eigenvalue weighted by Gasteiger charge is 2.69. The van der Waals surface area contributed by atoms with Crippen LogP contribution in [0.3, 0.4) is 0 Å². The largest absolute Gasteiger partial charge is 0.507 e. The van der Waals surface area contributed by atoms with Gasteiger partial charge in [-0.1, -0.05) is 18.2 Å². The number of carbonyl (C=O) groups excluding carboxylic acids is 4. The van der Waals surface area contributed by atoms with Gasteiger partial charge >= 0.3 is 6.09 Å². The molecule has 2 saturated carbocycles. The Morgan fingerprint density at radius 3 is 2.38 bits per heavy atom. The normalized spacial score (nSPS) is 26.7. The molecule has 2 fully saturated rings. The summed E-state index contributed by atoms with van der Waals surface area (Å²) in [6.45, 7) is -0.647. The van der Waals surface area contributed by atoms with Crippen LogP contribution in [0.25, 0.3) is 5.76 Å². The van der Waals surface area contributed by atoms with E-state index in [0.717, 1.165) is 0 Å². The Bertz CT molecular complexity index is 1640. The summed E-state index contributed by atoms with van der Waals surface area (Å²) in [7, 11) is 7.26. The number of benzene rings is 2. The molecule has 0 aromatic heterocycles. The molecule has 0 heterocycles. The van der Waals surface area contributed by atoms with Crippen LogP contribution in [-0.2, 0) is 27.3 Å². The third-order valence-corrected chi connectivity index (χ3v) is 9.99. The van der Waals surface area contributed by atoms with Crippen molar-refractivity contribution in [1.29, 1.82) is 0 Å². The number of para-hydroxylation sites is 1. The van der Waals surface area contributed by atoms with Gasteiger partial charge in [0.1, 0.15) is 22.7 Å². The second kappa shape index (κ2) is 12.6. The predicted molar refractivity (Wildman–Crippen MR) is 172 cm³/mol. The number of hydrogen-bond acceptors (Lipinski definition) is 11. The minimum atomic E-state index is -2.73. The number of aromatic hydroxyl groups is 1. The van der Waals surface area contributed by atoms with Crippen LogP contribution in [0.4, 0.5) is 10.5 Å². The minimum Gasteiger partial charge on any atom is -0.507 e. The Hall–Kier alpha value is -4.46. The van der Waals surface area contributed by atoms with Gasteiger partial charge in [0.25, 0.3) is 0 Å². The number of fused-ring (bicyclic) bond motifs is 3. The van der Waals surface area contributed by atoms with E-state index in [-0.39, 0.29) is 42.5 Å². The zero-order valence-corrected chi connectivity index (χ0v) is 26.9. The van der Waals surface area contributed by atoms with Crippen molar-refractivity contribution in [2.45, 2.75) is 37.8 Å². The molecule has 2 unspecified atom stereocenters. The second-order valence-electron chi connectivity index (χ2n) is 13.3. The molecule has 0 bridgehead atoms. The molecular weight excluding hydrogens is 608 g/mol. The van der Waals surface area contributed by atoms with Crippen molar-refractivity contribution in [3.8, 4) is 11.5 Å². The molecule has 2 aromatic rings. The third-order valence-electron chi connectivity index (χ3n) is 9.99. The number of phenols is 1. The van der Waals surface area contributed by atoms with Gasteiger partial charge in [0, 0.05) is 43.4 Å². The highest BCUT2D eigenvalue weighted by Crippen LogP contribution is 2.57. The monoisotopic (exact) mass is 650 g/mol. The molecule has 7 N–H and O–H groups in total. The maximum Gasteiger partial charge on any atom is 0.412 e. The molecule has 5 atom stereocenters. The summed E-state index contributed by atoms with van der Waals surface area (Å²) in [5.41, 5.74) is 1.85. The molecule has 0 saturated heterocycles. The van der Waals surface area contributed by atoms with Crippen LogP contribution in [0.5, 0.6) is 11.5 Å². The lowest BCUT2D eigenvalue weighted by atomic mass is 9.49. The molecule has 252 valence electrons. The van der Waals surface area contributed by atoms with Crippen LogP contribution in [0, 0.1) is 23.2 Å². The highest BCUT2D eigenvalue weighted by molar-refractivity contribution is 6.26. The van der Waals surface area contributed by atoms with E-state index in [1.165, 1.54) is 0 Å². The van der Waals surface area contributed by atoms with Gasteiger partial charge in [-0.05, 0) is 81.9 Å². The fourth-order valence-corrected chi connectivity index (χ4v) is 7.57. The van der Waals surface area contributed by atoms with Crippen molar-refractivity contribution in [2.24, 2.45) is 28.9 Å². The number of primary amides is 1. The van der Waals surface area contributed by atoms with Crippen LogP contribution in [0.15, 0.2) is 42.0 Å². The summed E-state index contributed by atoms with van der Waals surface area (Å²) in [5.74, 6) is -6.10. The molecule has 13 nitrogen and oxygen atoms in total. The summed E-state index contributed by atoms with van der Waals surface area (Å²) in [6.07, 6.45) is -0.149. The molecule has 13 heteroatoms. The number of rotatable bonds is 9. The lowest BCUT2D eigenvalue weighted by Gasteiger charge is -2.53. The highest BCUT2D eigenvalue weighted by atomic mass is 16.6. The molecule has 0 aliphatic heterocycles. The number of ether oxygens (including phenoxy) is 1. The van der Waals surface area contributed by atoms with E-state index < -0.39 is 70.5 Å². The predicted octanol–water partition coefficient (Wildman–Crippen LogP) is 1.51. The van der Waals surface area contributed by atoms with Gasteiger partial charge in [-0.3, -0.25) is 14.4 Å². The van der Waals surface area contributed by atoms with Crippen molar-refractivity contribution in [2.75, 3.05) is 46.2 Å². The van der Waals surface area contributed by atoms with E-state index in [1.54, 1.807) is 55.4 Å². The number of Topliss-reactive ketones (excluding diaryl/α,β-unsaturated/α-hetero) is 2. The Morgan fingerprint density at radius 2 is 1.79 bits per heavy atom. The summed E-state index contributed by atoms with van der Waals surface area (Å²) in [4.78, 5) is 57.2. The van der Waals surface area contributed by atoms with E-state index in [4.69, 9.17) is 10.5 Å². The molecule has 47 heavy (non-hydrogen) atoms. The van der Waals surface area contributed by atoms with Crippen molar-refractivity contribution in [3.63, 3.8) is 0 Å². The Morgan fingerprint density at radius 1 is 1.11 bits per heavy atom. The van der Waals surface area contributed by atoms with E-state index in [9.17, 15) is 39.6 Å². The zero-order valence-electron chi connectivity index (χ0n) is 26.9. The molecular formula is C34H42N4O9. The van der Waals surface area contributed by atoms with E-state index in [1.807, 2.05) is 19.0 Å². The zero-order chi connectivity index (χ0) is 34.4. The molecule has 2 amide bonds. The van der Waals surface area contributed by atoms with Crippen molar-refractivity contribution >= 4 is 35.0 Å². The van der Waals surface area contributed by atoms with Crippen LogP contribution in [0.2, 0.25) is 0 Å². The lowest BCUT2D eigenvalue weighted by molar-refractivity contribution is -0.183. The summed E-state index contributed by atoms with van der Waals surface area (Å²) in [6, 6.07) is 10.1. The van der Waals surface area contributed by atoms with Crippen molar-refractivity contribution in [3.05, 3.63) is 58.7 Å². The van der Waals surface area contributed by atoms with Crippen LogP contribution in [-0.4, -0.2) is 95.8 Å². The van der Waals surface area contributed by atoms with Crippen LogP contribution in [0.1, 0.15) is 36.0 Å². The van der Waals surface area contributed by atoms with Gasteiger partial charge < -0.3 is 46.0 Å². The molecule has 3 aliphatic carbocycles. The first-order valence-corrected chi connectivity index (χ1v) is 15.5. The fraction of sp³-hybridized carbons (Fsp3) is 0.471. The number of amides is 2. The van der Waals surface area contributed by atoms with Gasteiger partial charge in [-0.15, -0.1) is 0 Å². The number of nitrogens with one attached hydrogen (secondary N) is 1. The number of nitrogens with zero attached hydrogens (tertiary/aromatic N) is 2. The number of nitrogens with two attached hydrogens (primary N) is 1. The van der Waals surface area contributed by atoms with E-state index in [0.29, 0.717) is 30.0 Å². The first-order valence-electron chi connectivity index (χ1n) is 15.5. The number of phenolic OH excluding ortho intramolecular Hbond substituents is 1. The summed E-state index contributed by atoms with van der Waals surface area (Å²) in [5, 5.41) is 48.2. The number of ketones is 2. The van der Waals surface area contributed by atoms with Crippen LogP contribution >= 0.6 is 0 Å². The summed E-state index contributed by atoms with van der Waals surface area (Å²) >= 11 is 0. The first kappa shape index (κ1) is 33.9. The Labute approximate surface area is 272 Å². The number of hydrogen-bond donors (Lipinski definition) is 6. The second-order valence-corrected chi connectivity index (χ2v) is 13.3. The van der Waals surface area contributed by atoms with Gasteiger partial charge in [-0.25, -0.2) is 4.79 Å². The van der Waals surface area contributed by atoms with E-state index >= 15 is 0 Å². The SMILES string of the molecule is CN(C)CCC1CC(CO)(C(N)=O)C(=O)[C@@]2(O)C(=O)C3=C(O)c4c(O)c(CNC(=O)Oc5ccccc5)cc(N(C)C)c4C[C@H]3C[C@@H]12. The van der Waals surface area contributed by atoms with Crippen LogP contribution < -0.4 is 20.7 Å². The lowest BCUT2D eigenvalue weighted by Crippen LogP contribution is -2.70. The maximum absolute atomic E-state index is 14.4. The van der Waals surface area contributed by atoms with Crippen molar-refractivity contribution < 1.29 is 44.3 Å². The number of anilines is 1. The summed E-state index contributed by atoms with van der Waals surface area (Å²) < 4.78 is 5.27. The Balaban J connectivity index is 1.57. The fourth-order valence-electron chi connectivity index (χ4n) is 7.57. The van der Waals surface area contributed by atoms with Crippen molar-refractivity contribution in [1.82, 2.24) is 10.2 Å². The molecule has 3 aliphatic rings. The maximum atomic E-state index is 14.4. The minimum absolute atomic E-state index is 0.0539. The topological polar surface area (TPSA) is 203 Å². The van der Waals surface area contributed by atoms with Gasteiger partial charge in [0.05, 0.1) is 12.2 Å². The molecule has 2 aromatic carbocycles. The standard InChI is InChI=1S/C34H42N4O9/c1-37(2)11-10-18-15-33(17-39,31(35)44)30(43)34(46)23(18)13-19-12-22-24(38(3)4)14-20(27(40)26(22)28(41)25(19)29(34)42)16-36-32(45)47-21-8-6-5-7-9-21/h5-9,14,18-19,23,39-41,46H,10-13,15-17H2,1-4H3,(H2,35,44)(H,36,45)/t18?,19-,23-,33?,34-/m0/s1. The number of carbonyl (C=O) groups is 4. The van der Waals surface area contributed by atoms with Gasteiger partial charge in [0.2, 0.25) is 11.7 Å². The van der Waals surface area contributed by atoms with Gasteiger partial charge in [-0.2, -0.15) is 0 Å².